The van der Waals surface area contributed by atoms with Crippen LogP contribution in [0.25, 0.3) is 0 Å². The Kier molecular flexibility index (Phi) is 2.79. The van der Waals surface area contributed by atoms with Gasteiger partial charge in [0.25, 0.3) is 0 Å². The van der Waals surface area contributed by atoms with Gasteiger partial charge in [-0.2, -0.15) is 0 Å². The fourth-order valence-corrected chi connectivity index (χ4v) is 1.73. The molecule has 0 aromatic carbocycles. The van der Waals surface area contributed by atoms with Crippen LogP contribution in [0.5, 0.6) is 0 Å². The Morgan fingerprint density at radius 2 is 2.00 bits per heavy atom. The van der Waals surface area contributed by atoms with Gasteiger partial charge in [-0.3, -0.25) is 0 Å². The second-order valence-corrected chi connectivity index (χ2v) is 4.98. The van der Waals surface area contributed by atoms with E-state index in [4.69, 9.17) is 5.73 Å². The van der Waals surface area contributed by atoms with E-state index in [1.54, 1.807) is 0 Å². The molecule has 0 amide bonds. The zero-order valence-electron chi connectivity index (χ0n) is 8.80. The van der Waals surface area contributed by atoms with Gasteiger partial charge in [-0.05, 0) is 46.6 Å². The minimum atomic E-state index is -0.0576. The van der Waals surface area contributed by atoms with Crippen molar-refractivity contribution in [1.29, 1.82) is 0 Å². The van der Waals surface area contributed by atoms with Gasteiger partial charge in [0, 0.05) is 18.1 Å². The topological polar surface area (TPSA) is 29.3 Å². The van der Waals surface area contributed by atoms with Crippen molar-refractivity contribution in [2.75, 3.05) is 13.6 Å². The molecular formula is C10H22N2. The Morgan fingerprint density at radius 3 is 2.33 bits per heavy atom. The molecule has 0 radical (unpaired) electrons. The molecule has 12 heavy (non-hydrogen) atoms. The quantitative estimate of drug-likeness (QED) is 0.692. The van der Waals surface area contributed by atoms with E-state index in [1.165, 1.54) is 12.8 Å². The van der Waals surface area contributed by atoms with Crippen molar-refractivity contribution in [3.8, 4) is 0 Å². The van der Waals surface area contributed by atoms with E-state index in [0.29, 0.717) is 6.04 Å². The van der Waals surface area contributed by atoms with Crippen LogP contribution in [0.2, 0.25) is 0 Å². The molecule has 0 aromatic heterocycles. The van der Waals surface area contributed by atoms with Crippen molar-refractivity contribution in [3.05, 3.63) is 0 Å². The highest BCUT2D eigenvalue weighted by Crippen LogP contribution is 2.34. The van der Waals surface area contributed by atoms with Crippen LogP contribution in [0.15, 0.2) is 0 Å². The zero-order valence-corrected chi connectivity index (χ0v) is 8.80. The van der Waals surface area contributed by atoms with Crippen LogP contribution in [-0.4, -0.2) is 30.1 Å². The van der Waals surface area contributed by atoms with Gasteiger partial charge in [-0.25, -0.2) is 0 Å². The van der Waals surface area contributed by atoms with Gasteiger partial charge in [0.2, 0.25) is 0 Å². The Morgan fingerprint density at radius 1 is 1.50 bits per heavy atom. The normalized spacial score (nSPS) is 21.5. The fraction of sp³-hybridized carbons (Fsp3) is 1.00. The molecule has 1 atom stereocenters. The molecule has 1 saturated carbocycles. The Labute approximate surface area is 76.1 Å². The summed E-state index contributed by atoms with van der Waals surface area (Å²) in [6.07, 6.45) is 2.83. The minimum Gasteiger partial charge on any atom is -0.324 e. The summed E-state index contributed by atoms with van der Waals surface area (Å²) >= 11 is 0. The summed E-state index contributed by atoms with van der Waals surface area (Å²) < 4.78 is 0. The molecule has 1 rings (SSSR count). The van der Waals surface area contributed by atoms with Crippen LogP contribution < -0.4 is 5.73 Å². The van der Waals surface area contributed by atoms with E-state index in [1.807, 2.05) is 0 Å². The van der Waals surface area contributed by atoms with Gasteiger partial charge in [-0.1, -0.05) is 0 Å². The second-order valence-electron chi connectivity index (χ2n) is 4.98. The number of hydrogen-bond donors (Lipinski definition) is 1. The third-order valence-electron chi connectivity index (χ3n) is 2.66. The van der Waals surface area contributed by atoms with Crippen LogP contribution in [0.1, 0.15) is 33.6 Å². The highest BCUT2D eigenvalue weighted by atomic mass is 15.2. The number of nitrogens with two attached hydrogens (primary N) is 1. The van der Waals surface area contributed by atoms with Crippen LogP contribution in [0.4, 0.5) is 0 Å². The SMILES string of the molecule is CC(C1CC1)N(C)CC(C)(C)N. The molecule has 0 saturated heterocycles. The largest absolute Gasteiger partial charge is 0.324 e. The fourth-order valence-electron chi connectivity index (χ4n) is 1.73. The van der Waals surface area contributed by atoms with Gasteiger partial charge in [0.05, 0.1) is 0 Å². The lowest BCUT2D eigenvalue weighted by Gasteiger charge is -2.31. The summed E-state index contributed by atoms with van der Waals surface area (Å²) in [6.45, 7) is 7.47. The Hall–Kier alpha value is -0.0800. The molecule has 2 heteroatoms. The molecule has 0 aliphatic heterocycles. The summed E-state index contributed by atoms with van der Waals surface area (Å²) in [7, 11) is 2.18. The van der Waals surface area contributed by atoms with Crippen molar-refractivity contribution in [3.63, 3.8) is 0 Å². The molecule has 1 unspecified atom stereocenters. The molecular weight excluding hydrogens is 148 g/mol. The number of nitrogens with zero attached hydrogens (tertiary/aromatic N) is 1. The molecule has 0 bridgehead atoms. The summed E-state index contributed by atoms with van der Waals surface area (Å²) in [6, 6.07) is 0.716. The van der Waals surface area contributed by atoms with Crippen molar-refractivity contribution in [2.24, 2.45) is 11.7 Å². The first-order chi connectivity index (χ1) is 5.40. The lowest BCUT2D eigenvalue weighted by atomic mass is 10.1. The maximum atomic E-state index is 5.95. The lowest BCUT2D eigenvalue weighted by molar-refractivity contribution is 0.196. The zero-order chi connectivity index (χ0) is 9.35. The van der Waals surface area contributed by atoms with E-state index in [9.17, 15) is 0 Å². The lowest BCUT2D eigenvalue weighted by Crippen LogP contribution is -2.47. The van der Waals surface area contributed by atoms with Crippen molar-refractivity contribution in [1.82, 2.24) is 4.90 Å². The highest BCUT2D eigenvalue weighted by molar-refractivity contribution is 4.87. The van der Waals surface area contributed by atoms with Gasteiger partial charge < -0.3 is 10.6 Å². The van der Waals surface area contributed by atoms with Gasteiger partial charge in [0.15, 0.2) is 0 Å². The van der Waals surface area contributed by atoms with Crippen molar-refractivity contribution < 1.29 is 0 Å². The average Bonchev–Trinajstić information content (AvgIpc) is 2.62. The monoisotopic (exact) mass is 170 g/mol. The molecule has 1 aliphatic carbocycles. The molecule has 0 spiro atoms. The van der Waals surface area contributed by atoms with Crippen LogP contribution >= 0.6 is 0 Å². The number of rotatable bonds is 4. The Balaban J connectivity index is 2.31. The van der Waals surface area contributed by atoms with Gasteiger partial charge in [-0.15, -0.1) is 0 Å². The Bertz CT molecular complexity index is 144. The minimum absolute atomic E-state index is 0.0576. The predicted octanol–water partition coefficient (Wildman–Crippen LogP) is 1.45. The van der Waals surface area contributed by atoms with Crippen molar-refractivity contribution in [2.45, 2.75) is 45.2 Å². The standard InChI is InChI=1S/C10H22N2/c1-8(9-5-6-9)12(4)7-10(2,3)11/h8-9H,5-7,11H2,1-4H3. The first-order valence-electron chi connectivity index (χ1n) is 4.89. The third-order valence-corrected chi connectivity index (χ3v) is 2.66. The first kappa shape index (κ1) is 10.0. The first-order valence-corrected chi connectivity index (χ1v) is 4.89. The van der Waals surface area contributed by atoms with E-state index in [2.05, 4.69) is 32.7 Å². The van der Waals surface area contributed by atoms with Gasteiger partial charge in [0.1, 0.15) is 0 Å². The van der Waals surface area contributed by atoms with Gasteiger partial charge >= 0.3 is 0 Å². The molecule has 1 fully saturated rings. The van der Waals surface area contributed by atoms with E-state index >= 15 is 0 Å². The van der Waals surface area contributed by atoms with E-state index in [0.717, 1.165) is 12.5 Å². The smallest absolute Gasteiger partial charge is 0.0226 e. The highest BCUT2D eigenvalue weighted by Gasteiger charge is 2.31. The molecule has 1 aliphatic rings. The second kappa shape index (κ2) is 3.35. The molecule has 0 heterocycles. The molecule has 72 valence electrons. The molecule has 2 nitrogen and oxygen atoms in total. The van der Waals surface area contributed by atoms with E-state index < -0.39 is 0 Å². The molecule has 2 N–H and O–H groups in total. The maximum Gasteiger partial charge on any atom is 0.0226 e. The van der Waals surface area contributed by atoms with Crippen LogP contribution in [0.3, 0.4) is 0 Å². The summed E-state index contributed by atoms with van der Waals surface area (Å²) in [5, 5.41) is 0. The summed E-state index contributed by atoms with van der Waals surface area (Å²) in [5.41, 5.74) is 5.90. The molecule has 0 aromatic rings. The summed E-state index contributed by atoms with van der Waals surface area (Å²) in [4.78, 5) is 2.39. The average molecular weight is 170 g/mol. The number of likely N-dealkylation sites (N-methyl/N-ethyl adjacent to an activating group) is 1. The van der Waals surface area contributed by atoms with Crippen LogP contribution in [0, 0.1) is 5.92 Å². The van der Waals surface area contributed by atoms with E-state index in [-0.39, 0.29) is 5.54 Å². The van der Waals surface area contributed by atoms with Crippen LogP contribution in [-0.2, 0) is 0 Å². The predicted molar refractivity (Wildman–Crippen MR) is 53.1 cm³/mol. The third kappa shape index (κ3) is 3.11. The number of hydrogen-bond acceptors (Lipinski definition) is 2. The van der Waals surface area contributed by atoms with Crippen molar-refractivity contribution >= 4 is 0 Å². The summed E-state index contributed by atoms with van der Waals surface area (Å²) in [5.74, 6) is 0.942. The maximum absolute atomic E-state index is 5.95.